The number of hydrogen-bond acceptors (Lipinski definition) is 4. The van der Waals surface area contributed by atoms with Gasteiger partial charge in [-0.1, -0.05) is 13.8 Å². The maximum absolute atomic E-state index is 11.1. The minimum atomic E-state index is -0.925. The minimum absolute atomic E-state index is 0.139. The zero-order valence-electron chi connectivity index (χ0n) is 12.9. The van der Waals surface area contributed by atoms with Crippen LogP contribution in [0.1, 0.15) is 30.0 Å². The van der Waals surface area contributed by atoms with Gasteiger partial charge in [0, 0.05) is 25.0 Å². The molecule has 1 saturated heterocycles. The number of fused-ring (bicyclic) bond motifs is 1. The van der Waals surface area contributed by atoms with Gasteiger partial charge in [0.2, 0.25) is 0 Å². The molecule has 2 N–H and O–H groups in total. The minimum Gasteiger partial charge on any atom is -0.478 e. The van der Waals surface area contributed by atoms with Crippen molar-refractivity contribution in [1.29, 1.82) is 0 Å². The Morgan fingerprint density at radius 3 is 2.82 bits per heavy atom. The predicted molar refractivity (Wildman–Crippen MR) is 83.3 cm³/mol. The van der Waals surface area contributed by atoms with Crippen molar-refractivity contribution in [3.05, 3.63) is 29.6 Å². The molecular formula is C16H21N3O3. The van der Waals surface area contributed by atoms with E-state index in [2.05, 4.69) is 28.7 Å². The third-order valence-corrected chi connectivity index (χ3v) is 4.09. The molecule has 0 unspecified atom stereocenters. The molecule has 0 atom stereocenters. The fraction of sp³-hybridized carbons (Fsp3) is 0.500. The van der Waals surface area contributed by atoms with Crippen LogP contribution in [0.5, 0.6) is 0 Å². The van der Waals surface area contributed by atoms with Crippen molar-refractivity contribution < 1.29 is 14.6 Å². The van der Waals surface area contributed by atoms with Crippen LogP contribution in [0.25, 0.3) is 11.0 Å². The molecule has 1 fully saturated rings. The van der Waals surface area contributed by atoms with Crippen LogP contribution in [-0.4, -0.2) is 58.8 Å². The topological polar surface area (TPSA) is 78.4 Å². The largest absolute Gasteiger partial charge is 0.478 e. The molecule has 0 amide bonds. The highest BCUT2D eigenvalue weighted by molar-refractivity contribution is 5.92. The summed E-state index contributed by atoms with van der Waals surface area (Å²) >= 11 is 0. The van der Waals surface area contributed by atoms with E-state index in [9.17, 15) is 4.79 Å². The molecule has 0 aliphatic carbocycles. The maximum Gasteiger partial charge on any atom is 0.335 e. The van der Waals surface area contributed by atoms with Crippen molar-refractivity contribution in [2.75, 3.05) is 32.8 Å². The summed E-state index contributed by atoms with van der Waals surface area (Å²) < 4.78 is 5.38. The van der Waals surface area contributed by atoms with Gasteiger partial charge in [0.05, 0.1) is 29.8 Å². The number of H-pyrrole nitrogens is 1. The number of ether oxygens (including phenoxy) is 1. The number of carbonyl (C=O) groups is 1. The highest BCUT2D eigenvalue weighted by atomic mass is 16.5. The van der Waals surface area contributed by atoms with E-state index in [-0.39, 0.29) is 11.0 Å². The van der Waals surface area contributed by atoms with Crippen molar-refractivity contribution in [3.8, 4) is 0 Å². The summed E-state index contributed by atoms with van der Waals surface area (Å²) in [6, 6.07) is 4.98. The van der Waals surface area contributed by atoms with E-state index in [1.54, 1.807) is 18.2 Å². The van der Waals surface area contributed by atoms with Crippen LogP contribution in [0.15, 0.2) is 18.2 Å². The van der Waals surface area contributed by atoms with Crippen LogP contribution < -0.4 is 0 Å². The molecule has 1 aliphatic rings. The molecule has 1 aromatic carbocycles. The van der Waals surface area contributed by atoms with Gasteiger partial charge < -0.3 is 14.8 Å². The number of aromatic nitrogens is 2. The number of nitrogens with zero attached hydrogens (tertiary/aromatic N) is 2. The first kappa shape index (κ1) is 15.0. The Hall–Kier alpha value is -1.92. The second-order valence-corrected chi connectivity index (χ2v) is 6.39. The normalized spacial score (nSPS) is 17.0. The summed E-state index contributed by atoms with van der Waals surface area (Å²) in [6.45, 7) is 8.62. The number of benzene rings is 1. The molecule has 2 heterocycles. The molecule has 118 valence electrons. The molecule has 6 heteroatoms. The van der Waals surface area contributed by atoms with Gasteiger partial charge in [-0.3, -0.25) is 4.90 Å². The maximum atomic E-state index is 11.1. The molecule has 1 aliphatic heterocycles. The Bertz CT molecular complexity index is 687. The summed E-state index contributed by atoms with van der Waals surface area (Å²) in [5, 5.41) is 9.07. The monoisotopic (exact) mass is 303 g/mol. The fourth-order valence-electron chi connectivity index (χ4n) is 2.86. The van der Waals surface area contributed by atoms with Gasteiger partial charge in [-0.05, 0) is 18.2 Å². The lowest BCUT2D eigenvalue weighted by Gasteiger charge is -2.33. The smallest absolute Gasteiger partial charge is 0.335 e. The number of carboxylic acid groups (broad SMARTS) is 1. The Morgan fingerprint density at radius 1 is 1.41 bits per heavy atom. The lowest BCUT2D eigenvalue weighted by molar-refractivity contribution is 0.0290. The summed E-state index contributed by atoms with van der Waals surface area (Å²) in [5.74, 6) is -0.0397. The van der Waals surface area contributed by atoms with Gasteiger partial charge in [0.25, 0.3) is 0 Å². The van der Waals surface area contributed by atoms with Crippen molar-refractivity contribution in [2.24, 2.45) is 0 Å². The van der Waals surface area contributed by atoms with Crippen LogP contribution in [0, 0.1) is 0 Å². The van der Waals surface area contributed by atoms with Crippen LogP contribution >= 0.6 is 0 Å². The van der Waals surface area contributed by atoms with Crippen molar-refractivity contribution in [2.45, 2.75) is 19.3 Å². The molecule has 3 rings (SSSR count). The molecule has 0 bridgehead atoms. The van der Waals surface area contributed by atoms with E-state index in [0.29, 0.717) is 0 Å². The number of morpholine rings is 1. The summed E-state index contributed by atoms with van der Waals surface area (Å²) in [5.41, 5.74) is 1.70. The third kappa shape index (κ3) is 2.98. The van der Waals surface area contributed by atoms with Crippen LogP contribution in [0.2, 0.25) is 0 Å². The number of hydrogen-bond donors (Lipinski definition) is 2. The average molecular weight is 303 g/mol. The van der Waals surface area contributed by atoms with Crippen molar-refractivity contribution in [1.82, 2.24) is 14.9 Å². The molecule has 1 aromatic heterocycles. The van der Waals surface area contributed by atoms with E-state index in [1.807, 2.05) is 0 Å². The highest BCUT2D eigenvalue weighted by Crippen LogP contribution is 2.25. The Labute approximate surface area is 129 Å². The lowest BCUT2D eigenvalue weighted by atomic mass is 9.91. The second-order valence-electron chi connectivity index (χ2n) is 6.39. The number of carboxylic acids is 1. The highest BCUT2D eigenvalue weighted by Gasteiger charge is 2.28. The van der Waals surface area contributed by atoms with E-state index in [0.717, 1.165) is 49.7 Å². The fourth-order valence-corrected chi connectivity index (χ4v) is 2.86. The Balaban J connectivity index is 1.85. The lowest BCUT2D eigenvalue weighted by Crippen LogP contribution is -2.43. The number of imidazole rings is 1. The quantitative estimate of drug-likeness (QED) is 0.901. The molecular weight excluding hydrogens is 282 g/mol. The number of rotatable bonds is 4. The molecule has 2 aromatic rings. The van der Waals surface area contributed by atoms with Crippen LogP contribution in [0.3, 0.4) is 0 Å². The van der Waals surface area contributed by atoms with Gasteiger partial charge in [0.15, 0.2) is 0 Å². The Morgan fingerprint density at radius 2 is 2.14 bits per heavy atom. The van der Waals surface area contributed by atoms with Gasteiger partial charge in [0.1, 0.15) is 5.82 Å². The summed E-state index contributed by atoms with van der Waals surface area (Å²) in [6.07, 6.45) is 0. The van der Waals surface area contributed by atoms with E-state index >= 15 is 0 Å². The first-order chi connectivity index (χ1) is 10.5. The summed E-state index contributed by atoms with van der Waals surface area (Å²) in [7, 11) is 0. The zero-order valence-corrected chi connectivity index (χ0v) is 12.9. The van der Waals surface area contributed by atoms with E-state index in [1.165, 1.54) is 0 Å². The van der Waals surface area contributed by atoms with Gasteiger partial charge in [-0.25, -0.2) is 9.78 Å². The Kier molecular flexibility index (Phi) is 3.88. The van der Waals surface area contributed by atoms with Gasteiger partial charge in [-0.15, -0.1) is 0 Å². The van der Waals surface area contributed by atoms with Crippen LogP contribution in [-0.2, 0) is 10.2 Å². The molecule has 22 heavy (non-hydrogen) atoms. The van der Waals surface area contributed by atoms with Gasteiger partial charge >= 0.3 is 5.97 Å². The molecule has 0 spiro atoms. The van der Waals surface area contributed by atoms with Crippen molar-refractivity contribution in [3.63, 3.8) is 0 Å². The molecule has 0 radical (unpaired) electrons. The zero-order chi connectivity index (χ0) is 15.7. The second kappa shape index (κ2) is 5.70. The van der Waals surface area contributed by atoms with Crippen molar-refractivity contribution >= 4 is 17.0 Å². The number of nitrogens with one attached hydrogen (secondary N) is 1. The number of aromatic carboxylic acids is 1. The first-order valence-electron chi connectivity index (χ1n) is 7.49. The van der Waals surface area contributed by atoms with E-state index in [4.69, 9.17) is 9.84 Å². The first-order valence-corrected chi connectivity index (χ1v) is 7.49. The molecule has 6 nitrogen and oxygen atoms in total. The average Bonchev–Trinajstić information content (AvgIpc) is 2.91. The standard InChI is InChI=1S/C16H21N3O3/c1-16(2,10-19-5-7-22-8-6-19)15-17-12-4-3-11(14(20)21)9-13(12)18-15/h3-4,9H,5-8,10H2,1-2H3,(H,17,18)(H,20,21). The summed E-state index contributed by atoms with van der Waals surface area (Å²) in [4.78, 5) is 21.4. The number of aromatic amines is 1. The predicted octanol–water partition coefficient (Wildman–Crippen LogP) is 1.87. The third-order valence-electron chi connectivity index (χ3n) is 4.09. The molecule has 0 saturated carbocycles. The van der Waals surface area contributed by atoms with Crippen LogP contribution in [0.4, 0.5) is 0 Å². The van der Waals surface area contributed by atoms with E-state index < -0.39 is 5.97 Å². The SMILES string of the molecule is CC(C)(CN1CCOCC1)c1nc2ccc(C(=O)O)cc2[nH]1. The van der Waals surface area contributed by atoms with Gasteiger partial charge in [-0.2, -0.15) is 0 Å².